The van der Waals surface area contributed by atoms with Gasteiger partial charge in [0.05, 0.1) is 23.9 Å². The number of fused-ring (bicyclic) bond motifs is 3. The molecule has 5 N–H and O–H groups in total. The lowest BCUT2D eigenvalue weighted by molar-refractivity contribution is -0.114. The quantitative estimate of drug-likeness (QED) is 0.141. The number of pyridine rings is 2. The van der Waals surface area contributed by atoms with Crippen LogP contribution in [-0.4, -0.2) is 65.3 Å². The lowest BCUT2D eigenvalue weighted by Crippen LogP contribution is -2.21. The van der Waals surface area contributed by atoms with Crippen molar-refractivity contribution in [3.8, 4) is 23.0 Å². The Labute approximate surface area is 324 Å². The molecule has 2 aromatic carbocycles. The second-order valence-corrected chi connectivity index (χ2v) is 13.0. The number of hydrogen-bond donors (Lipinski definition) is 4. The second-order valence-electron chi connectivity index (χ2n) is 12.7. The zero-order chi connectivity index (χ0) is 39.8. The van der Waals surface area contributed by atoms with E-state index in [0.29, 0.717) is 62.0 Å². The van der Waals surface area contributed by atoms with Crippen LogP contribution >= 0.6 is 11.6 Å². The van der Waals surface area contributed by atoms with Crippen LogP contribution < -0.4 is 16.6 Å². The topological polar surface area (TPSA) is 217 Å². The number of anilines is 2. The minimum Gasteiger partial charge on any atom is -0.382 e. The third-order valence-corrected chi connectivity index (χ3v) is 8.95. The molecule has 0 saturated carbocycles. The Morgan fingerprint density at radius 1 is 0.789 bits per heavy atom. The van der Waals surface area contributed by atoms with E-state index in [9.17, 15) is 18.4 Å². The number of nitrogens with one attached hydrogen (secondary N) is 3. The second kappa shape index (κ2) is 15.0. The van der Waals surface area contributed by atoms with Crippen molar-refractivity contribution >= 4 is 62.2 Å². The summed E-state index contributed by atoms with van der Waals surface area (Å²) in [5.74, 6) is -0.0817. The lowest BCUT2D eigenvalue weighted by Gasteiger charge is -2.06. The highest BCUT2D eigenvalue weighted by Gasteiger charge is 2.21. The van der Waals surface area contributed by atoms with Gasteiger partial charge in [0, 0.05) is 30.4 Å². The number of aryl methyl sites for hydroxylation is 1. The number of aromatic nitrogens is 12. The van der Waals surface area contributed by atoms with E-state index < -0.39 is 11.5 Å². The molecule has 0 atom stereocenters. The Morgan fingerprint density at radius 2 is 1.37 bits per heavy atom. The SMILES string of the molecule is CC(=O)Nc1c(N)nc(-c2nn(Cc3ccccc3F)c3ncccc23)[nH]c1=O.Cc1nc2nc(-c3nn(Cc4ccccc4F)c4ncccc34)nc(Cl)c2[nH]1. The van der Waals surface area contributed by atoms with Gasteiger partial charge in [0.15, 0.2) is 39.6 Å². The Morgan fingerprint density at radius 3 is 1.95 bits per heavy atom. The summed E-state index contributed by atoms with van der Waals surface area (Å²) in [7, 11) is 0. The van der Waals surface area contributed by atoms with Crippen LogP contribution in [0.15, 0.2) is 90.0 Å². The Bertz CT molecular complexity index is 3050. The van der Waals surface area contributed by atoms with E-state index in [1.807, 2.05) is 13.0 Å². The van der Waals surface area contributed by atoms with Crippen LogP contribution in [0.1, 0.15) is 23.9 Å². The largest absolute Gasteiger partial charge is 0.382 e. The molecule has 0 aliphatic carbocycles. The minimum absolute atomic E-state index is 0.117. The van der Waals surface area contributed by atoms with Crippen LogP contribution in [0.2, 0.25) is 5.15 Å². The van der Waals surface area contributed by atoms with Crippen LogP contribution in [-0.2, 0) is 17.9 Å². The van der Waals surface area contributed by atoms with Crippen molar-refractivity contribution in [2.45, 2.75) is 26.9 Å². The third kappa shape index (κ3) is 7.23. The summed E-state index contributed by atoms with van der Waals surface area (Å²) in [6.07, 6.45) is 3.26. The fraction of sp³-hybridized carbons (Fsp3) is 0.105. The van der Waals surface area contributed by atoms with Crippen molar-refractivity contribution in [1.82, 2.24) is 59.4 Å². The van der Waals surface area contributed by atoms with Gasteiger partial charge in [0.1, 0.15) is 40.1 Å². The van der Waals surface area contributed by atoms with Gasteiger partial charge in [-0.3, -0.25) is 9.59 Å². The summed E-state index contributed by atoms with van der Waals surface area (Å²) in [4.78, 5) is 55.4. The molecule has 9 aromatic rings. The van der Waals surface area contributed by atoms with Crippen LogP contribution in [0, 0.1) is 18.6 Å². The first-order chi connectivity index (χ1) is 27.5. The van der Waals surface area contributed by atoms with Crippen molar-refractivity contribution in [1.29, 1.82) is 0 Å². The van der Waals surface area contributed by atoms with E-state index >= 15 is 0 Å². The first-order valence-electron chi connectivity index (χ1n) is 17.2. The number of nitrogen functional groups attached to an aromatic ring is 1. The van der Waals surface area contributed by atoms with Gasteiger partial charge in [-0.15, -0.1) is 0 Å². The average molecular weight is 787 g/mol. The number of hydrogen-bond acceptors (Lipinski definition) is 11. The summed E-state index contributed by atoms with van der Waals surface area (Å²) in [5, 5.41) is 13.1. The predicted octanol–water partition coefficient (Wildman–Crippen LogP) is 5.82. The normalized spacial score (nSPS) is 11.2. The van der Waals surface area contributed by atoms with E-state index in [4.69, 9.17) is 17.3 Å². The lowest BCUT2D eigenvalue weighted by atomic mass is 10.2. The standard InChI is InChI=1S/C19H13ClFN7.C19H16FN7O2/c1-10-23-15-16(20)25-17(26-18(15)24-10)14-12-6-4-8-22-19(12)28(27-14)9-11-5-2-3-7-13(11)21;1-10(28)23-15-16(21)24-17(25-19(15)29)14-12-6-4-8-22-18(12)27(26-14)9-11-5-2-3-7-13(11)20/h2-8H,9H2,1H3,(H,23,24,25,26);2-8H,9H2,1H3,(H,23,28)(H3,21,24,25,29). The molecule has 0 spiro atoms. The predicted molar refractivity (Wildman–Crippen MR) is 209 cm³/mol. The molecule has 0 unspecified atom stereocenters. The zero-order valence-electron chi connectivity index (χ0n) is 30.0. The molecule has 57 heavy (non-hydrogen) atoms. The zero-order valence-corrected chi connectivity index (χ0v) is 30.8. The summed E-state index contributed by atoms with van der Waals surface area (Å²) in [5.41, 5.74) is 9.08. The molecule has 0 saturated heterocycles. The van der Waals surface area contributed by atoms with Crippen LogP contribution in [0.25, 0.3) is 56.3 Å². The van der Waals surface area contributed by atoms with Crippen LogP contribution in [0.4, 0.5) is 20.3 Å². The smallest absolute Gasteiger partial charge is 0.277 e. The number of nitrogens with two attached hydrogens (primary N) is 1. The van der Waals surface area contributed by atoms with Crippen molar-refractivity contribution in [2.24, 2.45) is 0 Å². The maximum absolute atomic E-state index is 14.1. The molecule has 0 radical (unpaired) electrons. The van der Waals surface area contributed by atoms with Crippen molar-refractivity contribution in [2.75, 3.05) is 11.1 Å². The van der Waals surface area contributed by atoms with E-state index in [-0.39, 0.29) is 47.2 Å². The van der Waals surface area contributed by atoms with Gasteiger partial charge in [-0.05, 0) is 43.3 Å². The molecule has 7 aromatic heterocycles. The van der Waals surface area contributed by atoms with Gasteiger partial charge in [0.25, 0.3) is 5.56 Å². The van der Waals surface area contributed by atoms with Gasteiger partial charge in [0.2, 0.25) is 5.91 Å². The molecular weight excluding hydrogens is 758 g/mol. The number of carbonyl (C=O) groups excluding carboxylic acids is 1. The van der Waals surface area contributed by atoms with Gasteiger partial charge in [-0.2, -0.15) is 10.2 Å². The molecule has 19 heteroatoms. The van der Waals surface area contributed by atoms with Crippen LogP contribution in [0.5, 0.6) is 0 Å². The maximum Gasteiger partial charge on any atom is 0.277 e. The molecule has 7 heterocycles. The Kier molecular flexibility index (Phi) is 9.60. The maximum atomic E-state index is 14.1. The van der Waals surface area contributed by atoms with Crippen LogP contribution in [0.3, 0.4) is 0 Å². The van der Waals surface area contributed by atoms with Gasteiger partial charge < -0.3 is 21.0 Å². The molecule has 0 bridgehead atoms. The van der Waals surface area contributed by atoms with Crippen molar-refractivity contribution in [3.05, 3.63) is 129 Å². The molecule has 16 nitrogen and oxygen atoms in total. The number of amides is 1. The highest BCUT2D eigenvalue weighted by molar-refractivity contribution is 6.33. The minimum atomic E-state index is -0.608. The number of halogens is 3. The number of benzene rings is 2. The van der Waals surface area contributed by atoms with E-state index in [1.54, 1.807) is 71.7 Å². The first kappa shape index (κ1) is 36.5. The molecule has 1 amide bonds. The van der Waals surface area contributed by atoms with E-state index in [1.165, 1.54) is 23.7 Å². The number of nitrogens with zero attached hydrogens (tertiary/aromatic N) is 10. The number of imidazole rings is 1. The molecule has 0 fully saturated rings. The summed E-state index contributed by atoms with van der Waals surface area (Å²) >= 11 is 6.31. The molecule has 9 rings (SSSR count). The number of H-pyrrole nitrogens is 2. The highest BCUT2D eigenvalue weighted by Crippen LogP contribution is 2.29. The fourth-order valence-electron chi connectivity index (χ4n) is 6.14. The van der Waals surface area contributed by atoms with Crippen molar-refractivity contribution < 1.29 is 13.6 Å². The van der Waals surface area contributed by atoms with Gasteiger partial charge in [-0.25, -0.2) is 48.0 Å². The van der Waals surface area contributed by atoms with Crippen molar-refractivity contribution in [3.63, 3.8) is 0 Å². The number of carbonyl (C=O) groups is 1. The third-order valence-electron chi connectivity index (χ3n) is 8.68. The summed E-state index contributed by atoms with van der Waals surface area (Å²) in [6, 6.07) is 20.1. The fourth-order valence-corrected chi connectivity index (χ4v) is 6.35. The van der Waals surface area contributed by atoms with Gasteiger partial charge >= 0.3 is 0 Å². The number of aromatic amines is 2. The van der Waals surface area contributed by atoms with Gasteiger partial charge in [-0.1, -0.05) is 48.0 Å². The molecule has 284 valence electrons. The van der Waals surface area contributed by atoms with E-state index in [0.717, 1.165) is 5.39 Å². The number of rotatable bonds is 7. The molecular formula is C38H29ClF2N14O2. The molecule has 0 aliphatic heterocycles. The monoisotopic (exact) mass is 786 g/mol. The Hall–Kier alpha value is -7.47. The highest BCUT2D eigenvalue weighted by atomic mass is 35.5. The summed E-state index contributed by atoms with van der Waals surface area (Å²) in [6.45, 7) is 3.46. The average Bonchev–Trinajstić information content (AvgIpc) is 3.88. The first-order valence-corrected chi connectivity index (χ1v) is 17.6. The summed E-state index contributed by atoms with van der Waals surface area (Å²) < 4.78 is 31.4. The molecule has 0 aliphatic rings. The van der Waals surface area contributed by atoms with E-state index in [2.05, 4.69) is 55.4 Å². The Balaban J connectivity index is 0.000000160.